The van der Waals surface area contributed by atoms with E-state index in [1.54, 1.807) is 16.9 Å². The van der Waals surface area contributed by atoms with E-state index in [1.807, 2.05) is 36.4 Å². The molecule has 1 N–H and O–H groups in total. The number of hydrogen-bond donors (Lipinski definition) is 1. The van der Waals surface area contributed by atoms with Crippen LogP contribution >= 0.6 is 11.6 Å². The topological polar surface area (TPSA) is 38.0 Å². The van der Waals surface area contributed by atoms with E-state index in [1.165, 1.54) is 0 Å². The Kier molecular flexibility index (Phi) is 2.78. The molecule has 2 aromatic carbocycles. The average molecular weight is 259 g/mol. The number of aliphatic hydroxyl groups excluding tert-OH is 1. The van der Waals surface area contributed by atoms with Crippen molar-refractivity contribution >= 4 is 22.5 Å². The summed E-state index contributed by atoms with van der Waals surface area (Å²) in [7, 11) is 0. The van der Waals surface area contributed by atoms with Crippen molar-refractivity contribution in [3.8, 4) is 5.69 Å². The maximum atomic E-state index is 9.44. The van der Waals surface area contributed by atoms with Gasteiger partial charge >= 0.3 is 0 Å². The van der Waals surface area contributed by atoms with Crippen molar-refractivity contribution in [3.05, 3.63) is 59.2 Å². The zero-order chi connectivity index (χ0) is 12.5. The lowest BCUT2D eigenvalue weighted by Crippen LogP contribution is -2.01. The fraction of sp³-hybridized carbons (Fsp3) is 0.0714. The number of nitrogens with zero attached hydrogens (tertiary/aromatic N) is 2. The second-order valence-corrected chi connectivity index (χ2v) is 4.42. The quantitative estimate of drug-likeness (QED) is 0.767. The molecule has 0 atom stereocenters. The second kappa shape index (κ2) is 4.44. The Morgan fingerprint density at radius 1 is 1.11 bits per heavy atom. The summed E-state index contributed by atoms with van der Waals surface area (Å²) in [6.07, 6.45) is 1.80. The highest BCUT2D eigenvalue weighted by Gasteiger charge is 2.10. The molecule has 1 aromatic heterocycles. The predicted octanol–water partition coefficient (Wildman–Crippen LogP) is 3.17. The summed E-state index contributed by atoms with van der Waals surface area (Å²) in [4.78, 5) is 0. The Labute approximate surface area is 109 Å². The summed E-state index contributed by atoms with van der Waals surface area (Å²) in [5.74, 6) is 0. The van der Waals surface area contributed by atoms with Crippen LogP contribution in [0, 0.1) is 0 Å². The van der Waals surface area contributed by atoms with Gasteiger partial charge < -0.3 is 5.11 Å². The molecule has 3 rings (SSSR count). The number of fused-ring (bicyclic) bond motifs is 1. The summed E-state index contributed by atoms with van der Waals surface area (Å²) in [5.41, 5.74) is 2.49. The number of aliphatic hydroxyl groups is 1. The average Bonchev–Trinajstić information content (AvgIpc) is 2.82. The van der Waals surface area contributed by atoms with Crippen LogP contribution < -0.4 is 0 Å². The minimum absolute atomic E-state index is 0.108. The first kappa shape index (κ1) is 11.3. The molecule has 90 valence electrons. The van der Waals surface area contributed by atoms with Crippen LogP contribution in [0.3, 0.4) is 0 Å². The van der Waals surface area contributed by atoms with Gasteiger partial charge in [-0.05, 0) is 18.2 Å². The molecule has 0 saturated heterocycles. The number of aromatic nitrogens is 2. The van der Waals surface area contributed by atoms with Gasteiger partial charge in [0, 0.05) is 16.0 Å². The number of rotatable bonds is 2. The molecule has 0 unspecified atom stereocenters. The zero-order valence-corrected chi connectivity index (χ0v) is 10.3. The summed E-state index contributed by atoms with van der Waals surface area (Å²) >= 11 is 6.10. The molecule has 0 radical (unpaired) electrons. The van der Waals surface area contributed by atoms with Crippen LogP contribution in [0.5, 0.6) is 0 Å². The molecule has 0 fully saturated rings. The summed E-state index contributed by atoms with van der Waals surface area (Å²) in [6.45, 7) is -0.108. The Morgan fingerprint density at radius 3 is 2.78 bits per heavy atom. The summed E-state index contributed by atoms with van der Waals surface area (Å²) in [6, 6.07) is 13.4. The highest BCUT2D eigenvalue weighted by molar-refractivity contribution is 6.31. The Bertz CT molecular complexity index is 706. The largest absolute Gasteiger partial charge is 0.392 e. The standard InChI is InChI=1S/C14H11ClN2O/c15-12-5-3-7-14(11(12)9-18)17-13-6-2-1-4-10(13)8-16-17/h1-8,18H,9H2. The molecule has 0 aliphatic carbocycles. The van der Waals surface area contributed by atoms with E-state index >= 15 is 0 Å². The lowest BCUT2D eigenvalue weighted by Gasteiger charge is -2.10. The summed E-state index contributed by atoms with van der Waals surface area (Å²) < 4.78 is 1.80. The van der Waals surface area contributed by atoms with E-state index < -0.39 is 0 Å². The fourth-order valence-electron chi connectivity index (χ4n) is 2.07. The van der Waals surface area contributed by atoms with Crippen molar-refractivity contribution in [1.29, 1.82) is 0 Å². The molecule has 0 amide bonds. The Morgan fingerprint density at radius 2 is 1.94 bits per heavy atom. The smallest absolute Gasteiger partial charge is 0.0741 e. The van der Waals surface area contributed by atoms with Crippen molar-refractivity contribution in [1.82, 2.24) is 9.78 Å². The molecule has 3 nitrogen and oxygen atoms in total. The van der Waals surface area contributed by atoms with E-state index in [9.17, 15) is 5.11 Å². The molecule has 0 aliphatic heterocycles. The number of para-hydroxylation sites is 1. The molecule has 0 saturated carbocycles. The minimum Gasteiger partial charge on any atom is -0.392 e. The van der Waals surface area contributed by atoms with Crippen LogP contribution in [-0.2, 0) is 6.61 Å². The lowest BCUT2D eigenvalue weighted by atomic mass is 10.2. The molecular weight excluding hydrogens is 248 g/mol. The Hall–Kier alpha value is -1.84. The van der Waals surface area contributed by atoms with Gasteiger partial charge in [0.05, 0.1) is 24.0 Å². The van der Waals surface area contributed by atoms with Gasteiger partial charge in [-0.2, -0.15) is 5.10 Å². The molecule has 0 spiro atoms. The normalized spacial score (nSPS) is 11.0. The van der Waals surface area contributed by atoms with E-state index in [2.05, 4.69) is 5.10 Å². The fourth-order valence-corrected chi connectivity index (χ4v) is 2.30. The van der Waals surface area contributed by atoms with Gasteiger partial charge in [-0.3, -0.25) is 0 Å². The maximum Gasteiger partial charge on any atom is 0.0741 e. The van der Waals surface area contributed by atoms with Crippen LogP contribution in [0.25, 0.3) is 16.6 Å². The zero-order valence-electron chi connectivity index (χ0n) is 9.55. The first-order valence-corrected chi connectivity index (χ1v) is 6.00. The van der Waals surface area contributed by atoms with E-state index in [0.717, 1.165) is 16.6 Å². The van der Waals surface area contributed by atoms with Gasteiger partial charge in [-0.1, -0.05) is 35.9 Å². The van der Waals surface area contributed by atoms with E-state index in [0.29, 0.717) is 10.6 Å². The first-order valence-electron chi connectivity index (χ1n) is 5.62. The molecule has 0 bridgehead atoms. The van der Waals surface area contributed by atoms with Gasteiger partial charge in [-0.15, -0.1) is 0 Å². The molecule has 3 aromatic rings. The number of benzene rings is 2. The van der Waals surface area contributed by atoms with Gasteiger partial charge in [0.15, 0.2) is 0 Å². The van der Waals surface area contributed by atoms with Crippen molar-refractivity contribution in [2.24, 2.45) is 0 Å². The van der Waals surface area contributed by atoms with E-state index in [-0.39, 0.29) is 6.61 Å². The predicted molar refractivity (Wildman–Crippen MR) is 72.0 cm³/mol. The lowest BCUT2D eigenvalue weighted by molar-refractivity contribution is 0.281. The molecule has 1 heterocycles. The van der Waals surface area contributed by atoms with Crippen molar-refractivity contribution in [2.75, 3.05) is 0 Å². The van der Waals surface area contributed by atoms with Gasteiger partial charge in [0.2, 0.25) is 0 Å². The number of hydrogen-bond acceptors (Lipinski definition) is 2. The maximum absolute atomic E-state index is 9.44. The van der Waals surface area contributed by atoms with Crippen LogP contribution in [0.15, 0.2) is 48.7 Å². The Balaban J connectivity index is 2.30. The molecule has 18 heavy (non-hydrogen) atoms. The highest BCUT2D eigenvalue weighted by Crippen LogP contribution is 2.25. The van der Waals surface area contributed by atoms with Crippen molar-refractivity contribution in [2.45, 2.75) is 6.61 Å². The molecule has 0 aliphatic rings. The van der Waals surface area contributed by atoms with Crippen LogP contribution in [0.1, 0.15) is 5.56 Å². The SMILES string of the molecule is OCc1c(Cl)cccc1-n1ncc2ccccc21. The second-order valence-electron chi connectivity index (χ2n) is 4.01. The third-order valence-corrected chi connectivity index (χ3v) is 3.31. The monoisotopic (exact) mass is 258 g/mol. The van der Waals surface area contributed by atoms with Crippen molar-refractivity contribution < 1.29 is 5.11 Å². The third-order valence-electron chi connectivity index (χ3n) is 2.96. The molecular formula is C14H11ClN2O. The van der Waals surface area contributed by atoms with Gasteiger partial charge in [0.25, 0.3) is 0 Å². The van der Waals surface area contributed by atoms with Crippen LogP contribution in [0.4, 0.5) is 0 Å². The number of halogens is 1. The van der Waals surface area contributed by atoms with Crippen LogP contribution in [-0.4, -0.2) is 14.9 Å². The van der Waals surface area contributed by atoms with Gasteiger partial charge in [-0.25, -0.2) is 4.68 Å². The summed E-state index contributed by atoms with van der Waals surface area (Å²) in [5, 5.41) is 15.4. The van der Waals surface area contributed by atoms with Crippen molar-refractivity contribution in [3.63, 3.8) is 0 Å². The highest BCUT2D eigenvalue weighted by atomic mass is 35.5. The molecule has 4 heteroatoms. The first-order chi connectivity index (χ1) is 8.81. The van der Waals surface area contributed by atoms with Gasteiger partial charge in [0.1, 0.15) is 0 Å². The van der Waals surface area contributed by atoms with E-state index in [4.69, 9.17) is 11.6 Å². The third kappa shape index (κ3) is 1.68. The minimum atomic E-state index is -0.108. The van der Waals surface area contributed by atoms with Crippen LogP contribution in [0.2, 0.25) is 5.02 Å².